The minimum Gasteiger partial charge on any atom is -0.426 e. The van der Waals surface area contributed by atoms with E-state index in [1.807, 2.05) is 30.3 Å². The van der Waals surface area contributed by atoms with Crippen LogP contribution in [0, 0.1) is 0 Å². The maximum Gasteiger partial charge on any atom is 0.176 e. The quantitative estimate of drug-likeness (QED) is 0.548. The van der Waals surface area contributed by atoms with Gasteiger partial charge >= 0.3 is 0 Å². The Bertz CT molecular complexity index is 725. The number of fused-ring (bicyclic) bond motifs is 1. The molecule has 0 fully saturated rings. The predicted molar refractivity (Wildman–Crippen MR) is 76.7 cm³/mol. The molecule has 1 heterocycles. The molecule has 3 aromatic rings. The zero-order valence-electron chi connectivity index (χ0n) is 9.34. The topological polar surface area (TPSA) is 38.0 Å². The minimum absolute atomic E-state index is 0.511. The fraction of sp³-hybridized carbons (Fsp3) is 0. The fourth-order valence-electron chi connectivity index (χ4n) is 1.96. The lowest BCUT2D eigenvalue weighted by atomic mass is 10.2. The standard InChI is InChI=1S/C13H10ClN2OP/c14-9-6-10-12(11(18)7-9)16(17)13(15-10)8-4-2-1-3-5-8/h1-7,17H,18H2. The van der Waals surface area contributed by atoms with Gasteiger partial charge in [0.15, 0.2) is 5.82 Å². The highest BCUT2D eigenvalue weighted by Gasteiger charge is 2.14. The summed E-state index contributed by atoms with van der Waals surface area (Å²) in [6.45, 7) is 0. The third-order valence-electron chi connectivity index (χ3n) is 2.75. The molecule has 0 aliphatic carbocycles. The summed E-state index contributed by atoms with van der Waals surface area (Å²) in [5.41, 5.74) is 2.19. The van der Waals surface area contributed by atoms with Crippen LogP contribution in [0.15, 0.2) is 42.5 Å². The molecule has 5 heteroatoms. The Hall–Kier alpha value is -1.57. The molecule has 0 spiro atoms. The highest BCUT2D eigenvalue weighted by atomic mass is 35.5. The molecule has 0 radical (unpaired) electrons. The Balaban J connectivity index is 2.33. The van der Waals surface area contributed by atoms with Crippen LogP contribution in [0.25, 0.3) is 22.4 Å². The molecule has 1 aromatic heterocycles. The molecule has 0 aliphatic rings. The van der Waals surface area contributed by atoms with E-state index in [0.717, 1.165) is 15.6 Å². The van der Waals surface area contributed by atoms with E-state index in [-0.39, 0.29) is 0 Å². The molecule has 3 nitrogen and oxygen atoms in total. The molecule has 0 saturated heterocycles. The summed E-state index contributed by atoms with van der Waals surface area (Å²) < 4.78 is 1.10. The van der Waals surface area contributed by atoms with E-state index in [9.17, 15) is 5.21 Å². The predicted octanol–water partition coefficient (Wildman–Crippen LogP) is 3.09. The van der Waals surface area contributed by atoms with Gasteiger partial charge in [0, 0.05) is 15.9 Å². The van der Waals surface area contributed by atoms with Gasteiger partial charge in [0.05, 0.1) is 5.52 Å². The molecule has 2 aromatic carbocycles. The van der Waals surface area contributed by atoms with Gasteiger partial charge in [-0.2, -0.15) is 4.73 Å². The molecular weight excluding hydrogens is 267 g/mol. The summed E-state index contributed by atoms with van der Waals surface area (Å²) in [7, 11) is 2.56. The smallest absolute Gasteiger partial charge is 0.176 e. The first-order chi connectivity index (χ1) is 8.66. The van der Waals surface area contributed by atoms with Crippen LogP contribution in [0.1, 0.15) is 0 Å². The van der Waals surface area contributed by atoms with Crippen LogP contribution >= 0.6 is 20.8 Å². The first kappa shape index (κ1) is 11.5. The number of aromatic nitrogens is 2. The first-order valence-electron chi connectivity index (χ1n) is 5.39. The van der Waals surface area contributed by atoms with Crippen molar-refractivity contribution in [3.63, 3.8) is 0 Å². The molecule has 0 amide bonds. The number of imidazole rings is 1. The molecule has 1 unspecified atom stereocenters. The van der Waals surface area contributed by atoms with Crippen molar-refractivity contribution in [1.29, 1.82) is 0 Å². The van der Waals surface area contributed by atoms with E-state index < -0.39 is 0 Å². The van der Waals surface area contributed by atoms with Crippen molar-refractivity contribution in [3.8, 4) is 11.4 Å². The van der Waals surface area contributed by atoms with Gasteiger partial charge in [0.1, 0.15) is 5.52 Å². The van der Waals surface area contributed by atoms with Crippen LogP contribution < -0.4 is 5.30 Å². The van der Waals surface area contributed by atoms with E-state index >= 15 is 0 Å². The number of nitrogens with zero attached hydrogens (tertiary/aromatic N) is 2. The minimum atomic E-state index is 0.511. The van der Waals surface area contributed by atoms with Gasteiger partial charge < -0.3 is 5.21 Å². The second kappa shape index (κ2) is 4.27. The summed E-state index contributed by atoms with van der Waals surface area (Å²) in [6, 6.07) is 13.1. The summed E-state index contributed by atoms with van der Waals surface area (Å²) in [6.07, 6.45) is 0. The average molecular weight is 277 g/mol. The molecule has 90 valence electrons. The van der Waals surface area contributed by atoms with Gasteiger partial charge in [-0.25, -0.2) is 4.98 Å². The summed E-state index contributed by atoms with van der Waals surface area (Å²) >= 11 is 5.99. The molecule has 1 atom stereocenters. The van der Waals surface area contributed by atoms with Crippen molar-refractivity contribution in [3.05, 3.63) is 47.5 Å². The molecular formula is C13H10ClN2OP. The Morgan fingerprint density at radius 1 is 1.17 bits per heavy atom. The highest BCUT2D eigenvalue weighted by Crippen LogP contribution is 2.25. The maximum absolute atomic E-state index is 10.2. The van der Waals surface area contributed by atoms with Gasteiger partial charge in [-0.1, -0.05) is 41.9 Å². The van der Waals surface area contributed by atoms with E-state index in [4.69, 9.17) is 11.6 Å². The summed E-state index contributed by atoms with van der Waals surface area (Å²) in [5.74, 6) is 0.511. The van der Waals surface area contributed by atoms with Crippen LogP contribution in [0.2, 0.25) is 5.02 Å². The highest BCUT2D eigenvalue weighted by molar-refractivity contribution is 7.28. The molecule has 1 N–H and O–H groups in total. The number of rotatable bonds is 1. The lowest BCUT2D eigenvalue weighted by molar-refractivity contribution is 0.203. The van der Waals surface area contributed by atoms with Crippen LogP contribution in [0.5, 0.6) is 0 Å². The summed E-state index contributed by atoms with van der Waals surface area (Å²) in [5, 5.41) is 11.6. The SMILES string of the molecule is On1c(-c2ccccc2)nc2cc(Cl)cc(P)c21. The van der Waals surface area contributed by atoms with Gasteiger partial charge in [0.2, 0.25) is 0 Å². The normalized spacial score (nSPS) is 11.0. The van der Waals surface area contributed by atoms with Crippen molar-refractivity contribution in [2.24, 2.45) is 0 Å². The zero-order chi connectivity index (χ0) is 12.7. The van der Waals surface area contributed by atoms with Gasteiger partial charge in [-0.3, -0.25) is 0 Å². The number of halogens is 1. The molecule has 0 saturated carbocycles. The fourth-order valence-corrected chi connectivity index (χ4v) is 2.74. The van der Waals surface area contributed by atoms with E-state index in [2.05, 4.69) is 14.2 Å². The first-order valence-corrected chi connectivity index (χ1v) is 6.34. The lowest BCUT2D eigenvalue weighted by Crippen LogP contribution is -2.01. The van der Waals surface area contributed by atoms with Crippen LogP contribution in [-0.2, 0) is 0 Å². The molecule has 3 rings (SSSR count). The van der Waals surface area contributed by atoms with Crippen molar-refractivity contribution in [2.75, 3.05) is 0 Å². The second-order valence-corrected chi connectivity index (χ2v) is 5.03. The van der Waals surface area contributed by atoms with Crippen molar-refractivity contribution >= 4 is 37.2 Å². The van der Waals surface area contributed by atoms with E-state index in [1.54, 1.807) is 12.1 Å². The van der Waals surface area contributed by atoms with Crippen molar-refractivity contribution in [2.45, 2.75) is 0 Å². The van der Waals surface area contributed by atoms with Crippen molar-refractivity contribution < 1.29 is 5.21 Å². The maximum atomic E-state index is 10.2. The van der Waals surface area contributed by atoms with E-state index in [0.29, 0.717) is 21.9 Å². The molecule has 0 bridgehead atoms. The van der Waals surface area contributed by atoms with E-state index in [1.165, 1.54) is 0 Å². The van der Waals surface area contributed by atoms with Gasteiger partial charge in [-0.05, 0) is 12.1 Å². The molecule has 18 heavy (non-hydrogen) atoms. The number of benzene rings is 2. The Morgan fingerprint density at radius 2 is 1.89 bits per heavy atom. The monoisotopic (exact) mass is 276 g/mol. The third-order valence-corrected chi connectivity index (χ3v) is 3.41. The largest absolute Gasteiger partial charge is 0.426 e. The van der Waals surface area contributed by atoms with Gasteiger partial charge in [-0.15, -0.1) is 9.24 Å². The Morgan fingerprint density at radius 3 is 2.61 bits per heavy atom. The number of hydrogen-bond donors (Lipinski definition) is 1. The van der Waals surface area contributed by atoms with Crippen LogP contribution in [0.4, 0.5) is 0 Å². The third kappa shape index (κ3) is 1.76. The summed E-state index contributed by atoms with van der Waals surface area (Å²) in [4.78, 5) is 4.42. The Kier molecular flexibility index (Phi) is 2.73. The van der Waals surface area contributed by atoms with Crippen molar-refractivity contribution in [1.82, 2.24) is 9.71 Å². The number of hydrogen-bond acceptors (Lipinski definition) is 2. The van der Waals surface area contributed by atoms with Gasteiger partial charge in [0.25, 0.3) is 0 Å². The second-order valence-electron chi connectivity index (χ2n) is 3.98. The Labute approximate surface area is 111 Å². The average Bonchev–Trinajstić information content (AvgIpc) is 2.67. The zero-order valence-corrected chi connectivity index (χ0v) is 11.2. The molecule has 0 aliphatic heterocycles. The lowest BCUT2D eigenvalue weighted by Gasteiger charge is -2.02. The van der Waals surface area contributed by atoms with Crippen LogP contribution in [0.3, 0.4) is 0 Å². The van der Waals surface area contributed by atoms with Crippen LogP contribution in [-0.4, -0.2) is 14.9 Å².